The molecule has 2 aromatic carbocycles. The Morgan fingerprint density at radius 3 is 2.36 bits per heavy atom. The number of anilines is 1. The van der Waals surface area contributed by atoms with E-state index in [0.29, 0.717) is 16.3 Å². The third-order valence-corrected chi connectivity index (χ3v) is 4.16. The van der Waals surface area contributed by atoms with E-state index in [1.54, 1.807) is 36.4 Å². The Morgan fingerprint density at radius 1 is 0.920 bits per heavy atom. The van der Waals surface area contributed by atoms with Gasteiger partial charge in [0.25, 0.3) is 5.91 Å². The van der Waals surface area contributed by atoms with Gasteiger partial charge in [-0.1, -0.05) is 36.4 Å². The average molecular weight is 349 g/mol. The van der Waals surface area contributed by atoms with Crippen molar-refractivity contribution in [2.45, 2.75) is 0 Å². The van der Waals surface area contributed by atoms with Crippen LogP contribution >= 0.6 is 11.3 Å². The minimum absolute atomic E-state index is 0.162. The second-order valence-corrected chi connectivity index (χ2v) is 6.07. The Hall–Kier alpha value is -3.18. The number of nitrogens with one attached hydrogen (secondary N) is 1. The molecule has 0 spiro atoms. The molecule has 0 unspecified atom stereocenters. The molecule has 1 N–H and O–H groups in total. The first-order valence-corrected chi connectivity index (χ1v) is 8.48. The number of carbonyl (C=O) groups excluding carboxylic acids is 2. The van der Waals surface area contributed by atoms with Crippen LogP contribution in [0.5, 0.6) is 5.75 Å². The summed E-state index contributed by atoms with van der Waals surface area (Å²) < 4.78 is 5.23. The van der Waals surface area contributed by atoms with Gasteiger partial charge < -0.3 is 10.1 Å². The number of thiophene rings is 1. The average Bonchev–Trinajstić information content (AvgIpc) is 3.17. The van der Waals surface area contributed by atoms with Crippen molar-refractivity contribution in [3.63, 3.8) is 0 Å². The van der Waals surface area contributed by atoms with Crippen LogP contribution in [0, 0.1) is 0 Å². The maximum atomic E-state index is 12.0. The van der Waals surface area contributed by atoms with Crippen molar-refractivity contribution in [2.24, 2.45) is 0 Å². The van der Waals surface area contributed by atoms with Crippen LogP contribution in [0.4, 0.5) is 5.69 Å². The van der Waals surface area contributed by atoms with E-state index in [9.17, 15) is 9.59 Å². The molecule has 5 heteroatoms. The van der Waals surface area contributed by atoms with Crippen molar-refractivity contribution < 1.29 is 14.3 Å². The Morgan fingerprint density at radius 2 is 1.68 bits per heavy atom. The predicted molar refractivity (Wildman–Crippen MR) is 99.8 cm³/mol. The highest BCUT2D eigenvalue weighted by atomic mass is 32.1. The molecule has 3 rings (SSSR count). The van der Waals surface area contributed by atoms with Gasteiger partial charge in [0, 0.05) is 11.8 Å². The fraction of sp³-hybridized carbons (Fsp3) is 0. The molecule has 0 aliphatic heterocycles. The summed E-state index contributed by atoms with van der Waals surface area (Å²) in [6.07, 6.45) is 3.07. The van der Waals surface area contributed by atoms with E-state index in [2.05, 4.69) is 5.32 Å². The molecule has 3 aromatic rings. The molecule has 124 valence electrons. The van der Waals surface area contributed by atoms with E-state index >= 15 is 0 Å². The lowest BCUT2D eigenvalue weighted by molar-refractivity contribution is -0.128. The molecule has 0 atom stereocenters. The third-order valence-electron chi connectivity index (χ3n) is 3.29. The van der Waals surface area contributed by atoms with Gasteiger partial charge in [0.05, 0.1) is 4.88 Å². The SMILES string of the molecule is O=C(/C=C/c1ccccc1)Oc1ccc(NC(=O)c2cccs2)cc1. The quantitative estimate of drug-likeness (QED) is 0.415. The zero-order chi connectivity index (χ0) is 17.5. The summed E-state index contributed by atoms with van der Waals surface area (Å²) in [5.41, 5.74) is 1.56. The summed E-state index contributed by atoms with van der Waals surface area (Å²) in [4.78, 5) is 24.4. The fourth-order valence-electron chi connectivity index (χ4n) is 2.09. The molecule has 0 radical (unpaired) electrons. The van der Waals surface area contributed by atoms with Crippen LogP contribution in [0.25, 0.3) is 6.08 Å². The highest BCUT2D eigenvalue weighted by Crippen LogP contribution is 2.18. The first-order chi connectivity index (χ1) is 12.2. The minimum Gasteiger partial charge on any atom is -0.423 e. The van der Waals surface area contributed by atoms with Gasteiger partial charge in [-0.3, -0.25) is 4.79 Å². The Balaban J connectivity index is 1.56. The van der Waals surface area contributed by atoms with Crippen LogP contribution in [-0.4, -0.2) is 11.9 Å². The second kappa shape index (κ2) is 8.08. The fourth-order valence-corrected chi connectivity index (χ4v) is 2.70. The van der Waals surface area contributed by atoms with Crippen LogP contribution in [0.1, 0.15) is 15.2 Å². The largest absolute Gasteiger partial charge is 0.423 e. The molecule has 0 aliphatic carbocycles. The molecule has 0 saturated carbocycles. The van der Waals surface area contributed by atoms with E-state index in [4.69, 9.17) is 4.74 Å². The lowest BCUT2D eigenvalue weighted by Crippen LogP contribution is -2.10. The molecule has 4 nitrogen and oxygen atoms in total. The van der Waals surface area contributed by atoms with Crippen LogP contribution in [0.15, 0.2) is 78.2 Å². The van der Waals surface area contributed by atoms with Gasteiger partial charge in [-0.15, -0.1) is 11.3 Å². The zero-order valence-electron chi connectivity index (χ0n) is 13.2. The van der Waals surface area contributed by atoms with Crippen molar-refractivity contribution in [1.29, 1.82) is 0 Å². The van der Waals surface area contributed by atoms with Crippen LogP contribution in [-0.2, 0) is 4.79 Å². The Labute approximate surface area is 149 Å². The summed E-state index contributed by atoms with van der Waals surface area (Å²) in [6.45, 7) is 0. The molecular formula is C20H15NO3S. The van der Waals surface area contributed by atoms with Gasteiger partial charge in [-0.2, -0.15) is 0 Å². The first-order valence-electron chi connectivity index (χ1n) is 7.60. The minimum atomic E-state index is -0.459. The zero-order valence-corrected chi connectivity index (χ0v) is 14.0. The smallest absolute Gasteiger partial charge is 0.336 e. The van der Waals surface area contributed by atoms with Crippen molar-refractivity contribution in [2.75, 3.05) is 5.32 Å². The number of benzene rings is 2. The van der Waals surface area contributed by atoms with Crippen LogP contribution in [0.2, 0.25) is 0 Å². The van der Waals surface area contributed by atoms with Crippen LogP contribution < -0.4 is 10.1 Å². The number of rotatable bonds is 5. The summed E-state index contributed by atoms with van der Waals surface area (Å²) >= 11 is 1.38. The predicted octanol–water partition coefficient (Wildman–Crippen LogP) is 4.62. The van der Waals surface area contributed by atoms with Gasteiger partial charge in [0.2, 0.25) is 0 Å². The van der Waals surface area contributed by atoms with E-state index < -0.39 is 5.97 Å². The molecule has 0 bridgehead atoms. The Bertz CT molecular complexity index is 869. The molecule has 1 aromatic heterocycles. The van der Waals surface area contributed by atoms with Gasteiger partial charge >= 0.3 is 5.97 Å². The first kappa shape index (κ1) is 16.7. The van der Waals surface area contributed by atoms with Gasteiger partial charge in [0.1, 0.15) is 5.75 Å². The van der Waals surface area contributed by atoms with E-state index in [0.717, 1.165) is 5.56 Å². The summed E-state index contributed by atoms with van der Waals surface area (Å²) in [7, 11) is 0. The molecule has 0 aliphatic rings. The van der Waals surface area contributed by atoms with Crippen molar-refractivity contribution in [3.05, 3.63) is 88.6 Å². The lowest BCUT2D eigenvalue weighted by atomic mass is 10.2. The molecule has 0 saturated heterocycles. The van der Waals surface area contributed by atoms with Crippen LogP contribution in [0.3, 0.4) is 0 Å². The maximum Gasteiger partial charge on any atom is 0.336 e. The molecule has 1 heterocycles. The molecular weight excluding hydrogens is 334 g/mol. The summed E-state index contributed by atoms with van der Waals surface area (Å²) in [6, 6.07) is 19.7. The topological polar surface area (TPSA) is 55.4 Å². The van der Waals surface area contributed by atoms with Crippen molar-refractivity contribution in [1.82, 2.24) is 0 Å². The number of hydrogen-bond donors (Lipinski definition) is 1. The molecule has 25 heavy (non-hydrogen) atoms. The number of esters is 1. The highest BCUT2D eigenvalue weighted by Gasteiger charge is 2.07. The third kappa shape index (κ3) is 4.89. The van der Waals surface area contributed by atoms with Gasteiger partial charge in [-0.25, -0.2) is 4.79 Å². The molecule has 1 amide bonds. The second-order valence-electron chi connectivity index (χ2n) is 5.12. The number of hydrogen-bond acceptors (Lipinski definition) is 4. The standard InChI is InChI=1S/C20H15NO3S/c22-19(13-8-15-5-2-1-3-6-15)24-17-11-9-16(10-12-17)21-20(23)18-7-4-14-25-18/h1-14H,(H,21,23)/b13-8+. The number of carbonyl (C=O) groups is 2. The van der Waals surface area contributed by atoms with Gasteiger partial charge in [-0.05, 0) is 47.4 Å². The van der Waals surface area contributed by atoms with Gasteiger partial charge in [0.15, 0.2) is 0 Å². The normalized spacial score (nSPS) is 10.6. The maximum absolute atomic E-state index is 12.0. The summed E-state index contributed by atoms with van der Waals surface area (Å²) in [5.74, 6) is -0.207. The van der Waals surface area contributed by atoms with Crippen molar-refractivity contribution >= 4 is 35.0 Å². The van der Waals surface area contributed by atoms with E-state index in [1.807, 2.05) is 41.8 Å². The monoisotopic (exact) mass is 349 g/mol. The Kier molecular flexibility index (Phi) is 5.39. The van der Waals surface area contributed by atoms with E-state index in [-0.39, 0.29) is 5.91 Å². The molecule has 0 fully saturated rings. The summed E-state index contributed by atoms with van der Waals surface area (Å²) in [5, 5.41) is 4.64. The number of ether oxygens (including phenoxy) is 1. The number of amides is 1. The lowest BCUT2D eigenvalue weighted by Gasteiger charge is -2.05. The highest BCUT2D eigenvalue weighted by molar-refractivity contribution is 7.12. The van der Waals surface area contributed by atoms with E-state index in [1.165, 1.54) is 17.4 Å². The van der Waals surface area contributed by atoms with Crippen molar-refractivity contribution in [3.8, 4) is 5.75 Å².